The Morgan fingerprint density at radius 2 is 1.82 bits per heavy atom. The topological polar surface area (TPSA) is 118 Å². The van der Waals surface area contributed by atoms with Gasteiger partial charge in [-0.05, 0) is 60.7 Å². The molecule has 1 saturated heterocycles. The quantitative estimate of drug-likeness (QED) is 0.223. The number of aromatic amines is 1. The van der Waals surface area contributed by atoms with Crippen LogP contribution in [0.4, 0.5) is 4.39 Å². The maximum atomic E-state index is 14.9. The number of nitrogens with zero attached hydrogens (tertiary/aromatic N) is 3. The van der Waals surface area contributed by atoms with Crippen molar-refractivity contribution in [1.29, 1.82) is 0 Å². The molecule has 232 valence electrons. The summed E-state index contributed by atoms with van der Waals surface area (Å²) in [5.74, 6) is -0.149. The summed E-state index contributed by atoms with van der Waals surface area (Å²) in [5, 5.41) is 4.22. The number of hydrogen-bond donors (Lipinski definition) is 3. The summed E-state index contributed by atoms with van der Waals surface area (Å²) < 4.78 is 22.1. The van der Waals surface area contributed by atoms with Crippen LogP contribution in [0.5, 0.6) is 5.75 Å². The maximum absolute atomic E-state index is 14.9. The first kappa shape index (κ1) is 29.0. The highest BCUT2D eigenvalue weighted by molar-refractivity contribution is 6.01. The number of carbonyl (C=O) groups is 2. The molecule has 1 aliphatic carbocycles. The molecule has 0 bridgehead atoms. The molecule has 4 heterocycles. The van der Waals surface area contributed by atoms with E-state index in [2.05, 4.69) is 20.9 Å². The number of ether oxygens (including phenoxy) is 1. The van der Waals surface area contributed by atoms with Gasteiger partial charge in [-0.2, -0.15) is 0 Å². The highest BCUT2D eigenvalue weighted by Crippen LogP contribution is 2.44. The Labute approximate surface area is 260 Å². The number of halogens is 1. The zero-order valence-corrected chi connectivity index (χ0v) is 25.4. The molecule has 45 heavy (non-hydrogen) atoms. The van der Waals surface area contributed by atoms with Gasteiger partial charge in [0.15, 0.2) is 0 Å². The van der Waals surface area contributed by atoms with Crippen LogP contribution in [0.15, 0.2) is 54.6 Å². The van der Waals surface area contributed by atoms with Crippen LogP contribution >= 0.6 is 0 Å². The number of nitrogens with two attached hydrogens (primary N) is 1. The summed E-state index contributed by atoms with van der Waals surface area (Å²) in [4.78, 5) is 36.0. The number of benzene rings is 2. The average Bonchev–Trinajstić information content (AvgIpc) is 3.63. The van der Waals surface area contributed by atoms with Gasteiger partial charge >= 0.3 is 0 Å². The number of H-pyrrole nitrogens is 1. The molecule has 3 aromatic heterocycles. The molecule has 7 rings (SSSR count). The lowest BCUT2D eigenvalue weighted by Crippen LogP contribution is -2.47. The SMILES string of the molecule is COc1ccc(-c2ccc3cc(-c4c(C5CCCCC5)c5[nH]c(C(N)=O)cc5n4CC(=O)N4CCNCC4)ccc3n2)c(F)c1. The molecule has 2 aromatic carbocycles. The Bertz CT molecular complexity index is 1920. The fourth-order valence-electron chi connectivity index (χ4n) is 7.05. The van der Waals surface area contributed by atoms with Gasteiger partial charge in [0.25, 0.3) is 5.91 Å². The van der Waals surface area contributed by atoms with E-state index in [0.29, 0.717) is 35.8 Å². The second-order valence-corrected chi connectivity index (χ2v) is 12.1. The fourth-order valence-corrected chi connectivity index (χ4v) is 7.05. The van der Waals surface area contributed by atoms with Crippen molar-refractivity contribution < 1.29 is 18.7 Å². The summed E-state index contributed by atoms with van der Waals surface area (Å²) >= 11 is 0. The van der Waals surface area contributed by atoms with Crippen LogP contribution in [0.1, 0.15) is 54.1 Å². The van der Waals surface area contributed by atoms with Gasteiger partial charge in [0.05, 0.1) is 35.0 Å². The van der Waals surface area contributed by atoms with Crippen LogP contribution in [-0.2, 0) is 11.3 Å². The number of aromatic nitrogens is 3. The number of primary amides is 1. The Hall–Kier alpha value is -4.70. The molecule has 0 atom stereocenters. The van der Waals surface area contributed by atoms with Gasteiger partial charge < -0.3 is 30.2 Å². The van der Waals surface area contributed by atoms with Crippen LogP contribution in [0.25, 0.3) is 44.5 Å². The highest BCUT2D eigenvalue weighted by atomic mass is 19.1. The fraction of sp³-hybridized carbons (Fsp3) is 0.343. The molecule has 1 saturated carbocycles. The largest absolute Gasteiger partial charge is 0.497 e. The zero-order valence-electron chi connectivity index (χ0n) is 25.4. The van der Waals surface area contributed by atoms with Crippen molar-refractivity contribution in [3.8, 4) is 28.3 Å². The van der Waals surface area contributed by atoms with Crippen molar-refractivity contribution in [2.45, 2.75) is 44.6 Å². The van der Waals surface area contributed by atoms with E-state index in [1.165, 1.54) is 19.6 Å². The summed E-state index contributed by atoms with van der Waals surface area (Å²) in [7, 11) is 1.51. The smallest absolute Gasteiger partial charge is 0.265 e. The standard InChI is InChI=1S/C35H37FN6O3/c1-45-24-9-10-25(26(36)18-24)28-12-7-22-17-23(8-11-27(22)39-28)34-32(21-5-3-2-4-6-21)33-30(19-29(40-33)35(37)44)42(34)20-31(43)41-15-13-38-14-16-41/h7-12,17-19,21,38,40H,2-6,13-16,20H2,1H3,(H2,37,44). The van der Waals surface area contributed by atoms with Crippen LogP contribution < -0.4 is 15.8 Å². The van der Waals surface area contributed by atoms with Crippen LogP contribution in [0.2, 0.25) is 0 Å². The molecule has 0 unspecified atom stereocenters. The van der Waals surface area contributed by atoms with Crippen molar-refractivity contribution >= 4 is 33.8 Å². The van der Waals surface area contributed by atoms with Crippen LogP contribution in [-0.4, -0.2) is 64.5 Å². The number of nitrogens with one attached hydrogen (secondary N) is 2. The molecule has 0 spiro atoms. The summed E-state index contributed by atoms with van der Waals surface area (Å²) in [6, 6.07) is 16.4. The Kier molecular flexibility index (Phi) is 7.75. The third kappa shape index (κ3) is 5.44. The van der Waals surface area contributed by atoms with E-state index in [4.69, 9.17) is 15.5 Å². The van der Waals surface area contributed by atoms with E-state index >= 15 is 0 Å². The van der Waals surface area contributed by atoms with Gasteiger partial charge in [-0.15, -0.1) is 0 Å². The lowest BCUT2D eigenvalue weighted by molar-refractivity contribution is -0.132. The molecular formula is C35H37FN6O3. The molecule has 4 N–H and O–H groups in total. The number of amides is 2. The molecule has 0 radical (unpaired) electrons. The Morgan fingerprint density at radius 3 is 2.56 bits per heavy atom. The maximum Gasteiger partial charge on any atom is 0.265 e. The minimum atomic E-state index is -0.525. The molecule has 5 aromatic rings. The van der Waals surface area contributed by atoms with E-state index in [-0.39, 0.29) is 18.4 Å². The number of carbonyl (C=O) groups excluding carboxylic acids is 2. The number of fused-ring (bicyclic) bond motifs is 2. The third-order valence-electron chi connectivity index (χ3n) is 9.34. The first-order valence-corrected chi connectivity index (χ1v) is 15.7. The van der Waals surface area contributed by atoms with Crippen molar-refractivity contribution in [2.75, 3.05) is 33.3 Å². The van der Waals surface area contributed by atoms with Crippen molar-refractivity contribution in [2.24, 2.45) is 5.73 Å². The van der Waals surface area contributed by atoms with Gasteiger partial charge in [0.2, 0.25) is 5.91 Å². The van der Waals surface area contributed by atoms with E-state index < -0.39 is 11.7 Å². The molecule has 9 nitrogen and oxygen atoms in total. The van der Waals surface area contributed by atoms with Crippen molar-refractivity contribution in [3.05, 3.63) is 71.7 Å². The Morgan fingerprint density at radius 1 is 1.02 bits per heavy atom. The normalized spacial score (nSPS) is 16.0. The molecule has 2 aliphatic rings. The second-order valence-electron chi connectivity index (χ2n) is 12.1. The summed E-state index contributed by atoms with van der Waals surface area (Å²) in [5.41, 5.74) is 12.5. The first-order valence-electron chi connectivity index (χ1n) is 15.7. The van der Waals surface area contributed by atoms with E-state index in [1.54, 1.807) is 18.2 Å². The van der Waals surface area contributed by atoms with Gasteiger partial charge in [0, 0.05) is 48.8 Å². The van der Waals surface area contributed by atoms with Gasteiger partial charge in [-0.3, -0.25) is 9.59 Å². The Balaban J connectivity index is 1.37. The van der Waals surface area contributed by atoms with E-state index in [1.807, 2.05) is 29.2 Å². The van der Waals surface area contributed by atoms with Crippen LogP contribution in [0.3, 0.4) is 0 Å². The third-order valence-corrected chi connectivity index (χ3v) is 9.34. The second kappa shape index (κ2) is 12.0. The summed E-state index contributed by atoms with van der Waals surface area (Å²) in [6.45, 7) is 3.01. The summed E-state index contributed by atoms with van der Waals surface area (Å²) in [6.07, 6.45) is 5.54. The van der Waals surface area contributed by atoms with E-state index in [9.17, 15) is 14.0 Å². The van der Waals surface area contributed by atoms with Gasteiger partial charge in [-0.1, -0.05) is 31.4 Å². The van der Waals surface area contributed by atoms with Crippen molar-refractivity contribution in [1.82, 2.24) is 24.8 Å². The van der Waals surface area contributed by atoms with Gasteiger partial charge in [0.1, 0.15) is 23.8 Å². The first-order chi connectivity index (χ1) is 21.9. The highest BCUT2D eigenvalue weighted by Gasteiger charge is 2.30. The molecule has 2 amide bonds. The minimum Gasteiger partial charge on any atom is -0.497 e. The minimum absolute atomic E-state index is 0.0419. The predicted octanol–water partition coefficient (Wildman–Crippen LogP) is 5.58. The number of piperazine rings is 1. The van der Waals surface area contributed by atoms with Gasteiger partial charge in [-0.25, -0.2) is 9.37 Å². The molecular weight excluding hydrogens is 571 g/mol. The van der Waals surface area contributed by atoms with E-state index in [0.717, 1.165) is 77.5 Å². The predicted molar refractivity (Wildman–Crippen MR) is 173 cm³/mol. The number of rotatable bonds is 7. The number of hydrogen-bond acceptors (Lipinski definition) is 5. The van der Waals surface area contributed by atoms with Crippen molar-refractivity contribution in [3.63, 3.8) is 0 Å². The zero-order chi connectivity index (χ0) is 31.1. The lowest BCUT2D eigenvalue weighted by atomic mass is 9.82. The molecule has 10 heteroatoms. The monoisotopic (exact) mass is 608 g/mol. The van der Waals surface area contributed by atoms with Crippen LogP contribution in [0, 0.1) is 5.82 Å². The number of pyridine rings is 1. The molecule has 2 fully saturated rings. The lowest BCUT2D eigenvalue weighted by Gasteiger charge is -2.28. The average molecular weight is 609 g/mol. The number of methoxy groups -OCH3 is 1. The molecule has 1 aliphatic heterocycles.